The molecule has 0 unspecified atom stereocenters. The summed E-state index contributed by atoms with van der Waals surface area (Å²) in [5.41, 5.74) is 2.55. The molecule has 0 fully saturated rings. The first kappa shape index (κ1) is 13.0. The third-order valence-corrected chi connectivity index (χ3v) is 2.71. The molecule has 4 nitrogen and oxygen atoms in total. The number of hydrogen-bond donors (Lipinski definition) is 2. The van der Waals surface area contributed by atoms with E-state index in [9.17, 15) is 9.90 Å². The van der Waals surface area contributed by atoms with Crippen LogP contribution in [-0.4, -0.2) is 18.1 Å². The standard InChI is InChI=1S/C15H15NO3/c1-10(17)16-14-8-5-12(9-15(14)19-2)11-3-6-13(18)7-4-11/h3-9,18H,1-2H3,(H,16,17). The van der Waals surface area contributed by atoms with Gasteiger partial charge in [-0.1, -0.05) is 18.2 Å². The molecule has 0 aromatic heterocycles. The van der Waals surface area contributed by atoms with Crippen molar-refractivity contribution in [1.82, 2.24) is 0 Å². The Bertz CT molecular complexity index is 591. The summed E-state index contributed by atoms with van der Waals surface area (Å²) >= 11 is 0. The SMILES string of the molecule is COc1cc(-c2ccc(O)cc2)ccc1NC(C)=O. The van der Waals surface area contributed by atoms with E-state index in [4.69, 9.17) is 4.74 Å². The van der Waals surface area contributed by atoms with Crippen molar-refractivity contribution in [2.24, 2.45) is 0 Å². The highest BCUT2D eigenvalue weighted by atomic mass is 16.5. The van der Waals surface area contributed by atoms with Crippen molar-refractivity contribution in [3.8, 4) is 22.6 Å². The molecular formula is C15H15NO3. The number of anilines is 1. The lowest BCUT2D eigenvalue weighted by Gasteiger charge is -2.11. The van der Waals surface area contributed by atoms with Gasteiger partial charge >= 0.3 is 0 Å². The number of aromatic hydroxyl groups is 1. The molecule has 2 N–H and O–H groups in total. The van der Waals surface area contributed by atoms with Crippen LogP contribution in [0.15, 0.2) is 42.5 Å². The van der Waals surface area contributed by atoms with Crippen LogP contribution in [0.1, 0.15) is 6.92 Å². The molecule has 0 aliphatic carbocycles. The van der Waals surface area contributed by atoms with E-state index in [-0.39, 0.29) is 11.7 Å². The van der Waals surface area contributed by atoms with Gasteiger partial charge in [0.15, 0.2) is 0 Å². The second-order valence-electron chi connectivity index (χ2n) is 4.14. The summed E-state index contributed by atoms with van der Waals surface area (Å²) in [6, 6.07) is 12.4. The van der Waals surface area contributed by atoms with Crippen molar-refractivity contribution in [3.05, 3.63) is 42.5 Å². The second kappa shape index (κ2) is 5.44. The summed E-state index contributed by atoms with van der Waals surface area (Å²) in [5.74, 6) is 0.682. The lowest BCUT2D eigenvalue weighted by molar-refractivity contribution is -0.114. The average molecular weight is 257 g/mol. The van der Waals surface area contributed by atoms with Gasteiger partial charge in [0.25, 0.3) is 0 Å². The number of rotatable bonds is 3. The highest BCUT2D eigenvalue weighted by Crippen LogP contribution is 2.31. The van der Waals surface area contributed by atoms with Gasteiger partial charge in [0.05, 0.1) is 12.8 Å². The van der Waals surface area contributed by atoms with Crippen LogP contribution < -0.4 is 10.1 Å². The third-order valence-electron chi connectivity index (χ3n) is 2.71. The number of amides is 1. The molecule has 0 bridgehead atoms. The maximum absolute atomic E-state index is 11.1. The van der Waals surface area contributed by atoms with Gasteiger partial charge in [0.2, 0.25) is 5.91 Å². The normalized spacial score (nSPS) is 10.0. The molecule has 98 valence electrons. The van der Waals surface area contributed by atoms with Crippen LogP contribution >= 0.6 is 0 Å². The van der Waals surface area contributed by atoms with Crippen LogP contribution in [0.5, 0.6) is 11.5 Å². The zero-order chi connectivity index (χ0) is 13.8. The van der Waals surface area contributed by atoms with E-state index in [2.05, 4.69) is 5.32 Å². The molecule has 2 rings (SSSR count). The van der Waals surface area contributed by atoms with Gasteiger partial charge in [0.1, 0.15) is 11.5 Å². The minimum atomic E-state index is -0.143. The summed E-state index contributed by atoms with van der Waals surface area (Å²) in [7, 11) is 1.56. The molecule has 19 heavy (non-hydrogen) atoms. The summed E-state index contributed by atoms with van der Waals surface area (Å²) in [4.78, 5) is 11.1. The van der Waals surface area contributed by atoms with Crippen LogP contribution in [0.4, 0.5) is 5.69 Å². The van der Waals surface area contributed by atoms with Crippen molar-refractivity contribution in [2.45, 2.75) is 6.92 Å². The zero-order valence-corrected chi connectivity index (χ0v) is 10.8. The number of methoxy groups -OCH3 is 1. The minimum absolute atomic E-state index is 0.143. The van der Waals surface area contributed by atoms with Crippen LogP contribution in [-0.2, 0) is 4.79 Å². The predicted molar refractivity (Wildman–Crippen MR) is 74.4 cm³/mol. The molecule has 4 heteroatoms. The van der Waals surface area contributed by atoms with Crippen LogP contribution in [0.25, 0.3) is 11.1 Å². The number of carbonyl (C=O) groups is 1. The van der Waals surface area contributed by atoms with Crippen molar-refractivity contribution in [3.63, 3.8) is 0 Å². The maximum atomic E-state index is 11.1. The lowest BCUT2D eigenvalue weighted by Crippen LogP contribution is -2.07. The molecular weight excluding hydrogens is 242 g/mol. The molecule has 2 aromatic carbocycles. The Morgan fingerprint density at radius 3 is 2.32 bits per heavy atom. The molecule has 0 saturated carbocycles. The van der Waals surface area contributed by atoms with Crippen molar-refractivity contribution in [1.29, 1.82) is 0 Å². The van der Waals surface area contributed by atoms with Crippen molar-refractivity contribution < 1.29 is 14.6 Å². The van der Waals surface area contributed by atoms with Gasteiger partial charge in [-0.25, -0.2) is 0 Å². The number of phenolic OH excluding ortho intramolecular Hbond substituents is 1. The van der Waals surface area contributed by atoms with E-state index in [1.807, 2.05) is 24.3 Å². The first-order valence-electron chi connectivity index (χ1n) is 5.85. The molecule has 0 atom stereocenters. The largest absolute Gasteiger partial charge is 0.508 e. The van der Waals surface area contributed by atoms with Crippen molar-refractivity contribution in [2.75, 3.05) is 12.4 Å². The highest BCUT2D eigenvalue weighted by Gasteiger charge is 2.07. The zero-order valence-electron chi connectivity index (χ0n) is 10.8. The fourth-order valence-corrected chi connectivity index (χ4v) is 1.82. The molecule has 0 spiro atoms. The Morgan fingerprint density at radius 2 is 1.74 bits per heavy atom. The van der Waals surface area contributed by atoms with Gasteiger partial charge in [-0.2, -0.15) is 0 Å². The van der Waals surface area contributed by atoms with Crippen LogP contribution in [0.2, 0.25) is 0 Å². The van der Waals surface area contributed by atoms with E-state index in [1.54, 1.807) is 25.3 Å². The molecule has 0 aliphatic heterocycles. The first-order valence-corrected chi connectivity index (χ1v) is 5.85. The Hall–Kier alpha value is -2.49. The number of hydrogen-bond acceptors (Lipinski definition) is 3. The van der Waals surface area contributed by atoms with E-state index >= 15 is 0 Å². The number of benzene rings is 2. The Morgan fingerprint density at radius 1 is 1.11 bits per heavy atom. The summed E-state index contributed by atoms with van der Waals surface area (Å²) in [6.45, 7) is 1.45. The molecule has 0 heterocycles. The van der Waals surface area contributed by atoms with Crippen LogP contribution in [0.3, 0.4) is 0 Å². The molecule has 0 saturated heterocycles. The molecule has 1 amide bonds. The first-order chi connectivity index (χ1) is 9.10. The van der Waals surface area contributed by atoms with E-state index in [0.29, 0.717) is 11.4 Å². The highest BCUT2D eigenvalue weighted by molar-refractivity contribution is 5.91. The van der Waals surface area contributed by atoms with Crippen LogP contribution in [0, 0.1) is 0 Å². The fraction of sp³-hybridized carbons (Fsp3) is 0.133. The number of ether oxygens (including phenoxy) is 1. The van der Waals surface area contributed by atoms with Crippen molar-refractivity contribution >= 4 is 11.6 Å². The van der Waals surface area contributed by atoms with Gasteiger partial charge in [-0.15, -0.1) is 0 Å². The number of nitrogens with one attached hydrogen (secondary N) is 1. The number of phenols is 1. The fourth-order valence-electron chi connectivity index (χ4n) is 1.82. The van der Waals surface area contributed by atoms with Gasteiger partial charge in [-0.3, -0.25) is 4.79 Å². The third kappa shape index (κ3) is 3.04. The Labute approximate surface area is 111 Å². The summed E-state index contributed by atoms with van der Waals surface area (Å²) in [5, 5.41) is 12.0. The van der Waals surface area contributed by atoms with Gasteiger partial charge in [0, 0.05) is 6.92 Å². The minimum Gasteiger partial charge on any atom is -0.508 e. The van der Waals surface area contributed by atoms with Gasteiger partial charge < -0.3 is 15.2 Å². The van der Waals surface area contributed by atoms with Gasteiger partial charge in [-0.05, 0) is 35.4 Å². The van der Waals surface area contributed by atoms with E-state index in [0.717, 1.165) is 11.1 Å². The summed E-state index contributed by atoms with van der Waals surface area (Å²) in [6.07, 6.45) is 0. The van der Waals surface area contributed by atoms with E-state index < -0.39 is 0 Å². The summed E-state index contributed by atoms with van der Waals surface area (Å²) < 4.78 is 5.27. The maximum Gasteiger partial charge on any atom is 0.221 e. The molecule has 0 radical (unpaired) electrons. The monoisotopic (exact) mass is 257 g/mol. The van der Waals surface area contributed by atoms with E-state index in [1.165, 1.54) is 6.92 Å². The Balaban J connectivity index is 2.38. The number of carbonyl (C=O) groups excluding carboxylic acids is 1. The topological polar surface area (TPSA) is 58.6 Å². The predicted octanol–water partition coefficient (Wildman–Crippen LogP) is 3.03. The quantitative estimate of drug-likeness (QED) is 0.888. The molecule has 2 aromatic rings. The molecule has 0 aliphatic rings. The second-order valence-corrected chi connectivity index (χ2v) is 4.14. The average Bonchev–Trinajstić information content (AvgIpc) is 2.39. The Kier molecular flexibility index (Phi) is 3.71. The lowest BCUT2D eigenvalue weighted by atomic mass is 10.0. The smallest absolute Gasteiger partial charge is 0.221 e.